The monoisotopic (exact) mass is 410 g/mol. The van der Waals surface area contributed by atoms with E-state index in [0.29, 0.717) is 6.42 Å². The molecule has 0 spiro atoms. The second kappa shape index (κ2) is 6.64. The van der Waals surface area contributed by atoms with Gasteiger partial charge in [-0.05, 0) is 66.1 Å². The van der Waals surface area contributed by atoms with Gasteiger partial charge in [-0.2, -0.15) is 0 Å². The van der Waals surface area contributed by atoms with Crippen molar-refractivity contribution in [2.24, 2.45) is 0 Å². The van der Waals surface area contributed by atoms with E-state index in [-0.39, 0.29) is 5.41 Å². The van der Waals surface area contributed by atoms with E-state index in [1.807, 2.05) is 18.2 Å². The highest BCUT2D eigenvalue weighted by atomic mass is 79.9. The minimum Gasteiger partial charge on any atom is -0.388 e. The van der Waals surface area contributed by atoms with Gasteiger partial charge in [0.1, 0.15) is 0 Å². The standard InChI is InChI=1S/C18H20Br2O/c1-18(2,3)14-7-4-12(5-8-14)10-17(21)13-6-9-15(19)16(20)11-13/h4-9,11,17,21H,10H2,1-3H3. The van der Waals surface area contributed by atoms with Gasteiger partial charge in [0.2, 0.25) is 0 Å². The number of hydrogen-bond donors (Lipinski definition) is 1. The van der Waals surface area contributed by atoms with Crippen LogP contribution >= 0.6 is 31.9 Å². The van der Waals surface area contributed by atoms with Gasteiger partial charge >= 0.3 is 0 Å². The molecular formula is C18H20Br2O. The van der Waals surface area contributed by atoms with E-state index in [1.54, 1.807) is 0 Å². The Bertz CT molecular complexity index is 612. The summed E-state index contributed by atoms with van der Waals surface area (Å²) in [4.78, 5) is 0. The highest BCUT2D eigenvalue weighted by molar-refractivity contribution is 9.13. The molecule has 0 aliphatic rings. The average molecular weight is 412 g/mol. The Morgan fingerprint density at radius 2 is 1.57 bits per heavy atom. The Balaban J connectivity index is 2.12. The Morgan fingerprint density at radius 1 is 0.952 bits per heavy atom. The molecule has 0 aliphatic heterocycles. The third-order valence-electron chi connectivity index (χ3n) is 3.58. The first-order valence-electron chi connectivity index (χ1n) is 7.00. The molecule has 0 fully saturated rings. The number of halogens is 2. The second-order valence-corrected chi connectivity index (χ2v) is 8.05. The van der Waals surface area contributed by atoms with Crippen molar-refractivity contribution >= 4 is 31.9 Å². The van der Waals surface area contributed by atoms with Gasteiger partial charge in [-0.1, -0.05) is 51.1 Å². The molecular weight excluding hydrogens is 392 g/mol. The summed E-state index contributed by atoms with van der Waals surface area (Å²) in [6, 6.07) is 14.4. The van der Waals surface area contributed by atoms with E-state index >= 15 is 0 Å². The Morgan fingerprint density at radius 3 is 2.10 bits per heavy atom. The Kier molecular flexibility index (Phi) is 5.29. The molecule has 0 saturated heterocycles. The molecule has 0 saturated carbocycles. The minimum absolute atomic E-state index is 0.160. The predicted molar refractivity (Wildman–Crippen MR) is 95.6 cm³/mol. The minimum atomic E-state index is -0.491. The van der Waals surface area contributed by atoms with Gasteiger partial charge in [0.25, 0.3) is 0 Å². The summed E-state index contributed by atoms with van der Waals surface area (Å²) in [6.45, 7) is 6.61. The van der Waals surface area contributed by atoms with Crippen LogP contribution in [-0.4, -0.2) is 5.11 Å². The van der Waals surface area contributed by atoms with E-state index in [1.165, 1.54) is 5.56 Å². The summed E-state index contributed by atoms with van der Waals surface area (Å²) in [7, 11) is 0. The lowest BCUT2D eigenvalue weighted by Crippen LogP contribution is -2.11. The second-order valence-electron chi connectivity index (χ2n) is 6.34. The lowest BCUT2D eigenvalue weighted by atomic mass is 9.86. The maximum Gasteiger partial charge on any atom is 0.0830 e. The summed E-state index contributed by atoms with van der Waals surface area (Å²) in [6.07, 6.45) is 0.133. The van der Waals surface area contributed by atoms with Crippen molar-refractivity contribution in [3.8, 4) is 0 Å². The van der Waals surface area contributed by atoms with Crippen molar-refractivity contribution < 1.29 is 5.11 Å². The molecule has 0 radical (unpaired) electrons. The molecule has 0 heterocycles. The number of aliphatic hydroxyl groups is 1. The van der Waals surface area contributed by atoms with Crippen LogP contribution in [-0.2, 0) is 11.8 Å². The number of benzene rings is 2. The third kappa shape index (κ3) is 4.41. The molecule has 1 nitrogen and oxygen atoms in total. The predicted octanol–water partition coefficient (Wildman–Crippen LogP) is 5.79. The normalized spacial score (nSPS) is 13.2. The van der Waals surface area contributed by atoms with E-state index in [0.717, 1.165) is 20.1 Å². The molecule has 3 heteroatoms. The van der Waals surface area contributed by atoms with Crippen LogP contribution in [0.4, 0.5) is 0 Å². The zero-order chi connectivity index (χ0) is 15.6. The van der Waals surface area contributed by atoms with E-state index in [9.17, 15) is 5.11 Å². The zero-order valence-electron chi connectivity index (χ0n) is 12.5. The first-order valence-corrected chi connectivity index (χ1v) is 8.58. The van der Waals surface area contributed by atoms with Gasteiger partial charge in [0.15, 0.2) is 0 Å². The highest BCUT2D eigenvalue weighted by Crippen LogP contribution is 2.28. The van der Waals surface area contributed by atoms with Gasteiger partial charge in [0.05, 0.1) is 6.10 Å². The first-order chi connectivity index (χ1) is 9.77. The van der Waals surface area contributed by atoms with Gasteiger partial charge in [-0.25, -0.2) is 0 Å². The van der Waals surface area contributed by atoms with Crippen molar-refractivity contribution in [3.63, 3.8) is 0 Å². The molecule has 2 aromatic rings. The fourth-order valence-electron chi connectivity index (χ4n) is 2.20. The lowest BCUT2D eigenvalue weighted by molar-refractivity contribution is 0.178. The van der Waals surface area contributed by atoms with Crippen molar-refractivity contribution in [2.75, 3.05) is 0 Å². The van der Waals surface area contributed by atoms with Crippen molar-refractivity contribution in [2.45, 2.75) is 38.7 Å². The molecule has 1 N–H and O–H groups in total. The molecule has 21 heavy (non-hydrogen) atoms. The summed E-state index contributed by atoms with van der Waals surface area (Å²) in [5.41, 5.74) is 3.54. The van der Waals surface area contributed by atoms with Crippen molar-refractivity contribution in [1.82, 2.24) is 0 Å². The number of hydrogen-bond acceptors (Lipinski definition) is 1. The van der Waals surface area contributed by atoms with Crippen LogP contribution in [0.15, 0.2) is 51.4 Å². The smallest absolute Gasteiger partial charge is 0.0830 e. The van der Waals surface area contributed by atoms with Crippen LogP contribution in [0.2, 0.25) is 0 Å². The van der Waals surface area contributed by atoms with Crippen LogP contribution in [0.5, 0.6) is 0 Å². The van der Waals surface area contributed by atoms with Gasteiger partial charge in [-0.3, -0.25) is 0 Å². The van der Waals surface area contributed by atoms with Crippen molar-refractivity contribution in [3.05, 3.63) is 68.1 Å². The maximum absolute atomic E-state index is 10.4. The Labute approximate surface area is 143 Å². The molecule has 0 aliphatic carbocycles. The fourth-order valence-corrected chi connectivity index (χ4v) is 2.84. The van der Waals surface area contributed by atoms with E-state index in [4.69, 9.17) is 0 Å². The third-order valence-corrected chi connectivity index (χ3v) is 5.46. The molecule has 1 atom stereocenters. The summed E-state index contributed by atoms with van der Waals surface area (Å²) < 4.78 is 1.95. The van der Waals surface area contributed by atoms with E-state index < -0.39 is 6.10 Å². The van der Waals surface area contributed by atoms with Crippen LogP contribution in [0.1, 0.15) is 43.6 Å². The van der Waals surface area contributed by atoms with Crippen molar-refractivity contribution in [1.29, 1.82) is 0 Å². The molecule has 0 bridgehead atoms. The zero-order valence-corrected chi connectivity index (χ0v) is 15.7. The maximum atomic E-state index is 10.4. The number of aliphatic hydroxyl groups excluding tert-OH is 1. The van der Waals surface area contributed by atoms with Crippen LogP contribution < -0.4 is 0 Å². The van der Waals surface area contributed by atoms with Gasteiger partial charge in [-0.15, -0.1) is 0 Å². The largest absolute Gasteiger partial charge is 0.388 e. The summed E-state index contributed by atoms with van der Waals surface area (Å²) >= 11 is 6.92. The summed E-state index contributed by atoms with van der Waals surface area (Å²) in [5.74, 6) is 0. The molecule has 2 aromatic carbocycles. The van der Waals surface area contributed by atoms with Crippen LogP contribution in [0.3, 0.4) is 0 Å². The highest BCUT2D eigenvalue weighted by Gasteiger charge is 2.14. The Hall–Kier alpha value is -0.640. The molecule has 1 unspecified atom stereocenters. The van der Waals surface area contributed by atoms with Crippen LogP contribution in [0.25, 0.3) is 0 Å². The average Bonchev–Trinajstić information content (AvgIpc) is 2.41. The molecule has 112 valence electrons. The number of rotatable bonds is 3. The fraction of sp³-hybridized carbons (Fsp3) is 0.333. The first kappa shape index (κ1) is 16.7. The van der Waals surface area contributed by atoms with Gasteiger partial charge in [0, 0.05) is 15.4 Å². The summed E-state index contributed by atoms with van der Waals surface area (Å²) in [5, 5.41) is 10.4. The van der Waals surface area contributed by atoms with E-state index in [2.05, 4.69) is 76.9 Å². The van der Waals surface area contributed by atoms with Gasteiger partial charge < -0.3 is 5.11 Å². The van der Waals surface area contributed by atoms with Crippen LogP contribution in [0, 0.1) is 0 Å². The quantitative estimate of drug-likeness (QED) is 0.677. The molecule has 2 rings (SSSR count). The molecule has 0 aromatic heterocycles. The topological polar surface area (TPSA) is 20.2 Å². The SMILES string of the molecule is CC(C)(C)c1ccc(CC(O)c2ccc(Br)c(Br)c2)cc1. The molecule has 0 amide bonds. The lowest BCUT2D eigenvalue weighted by Gasteiger charge is -2.19.